The molecule has 4 rings (SSSR count). The maximum Gasteiger partial charge on any atom is 0.232 e. The predicted octanol–water partition coefficient (Wildman–Crippen LogP) is 2.02. The third-order valence-corrected chi connectivity index (χ3v) is 4.83. The molecule has 2 atom stereocenters. The van der Waals surface area contributed by atoms with Crippen molar-refractivity contribution in [3.8, 4) is 5.75 Å². The average Bonchev–Trinajstić information content (AvgIpc) is 3.01. The summed E-state index contributed by atoms with van der Waals surface area (Å²) in [6.45, 7) is 3.59. The Balaban J connectivity index is 1.92. The molecule has 7 heteroatoms. The highest BCUT2D eigenvalue weighted by Gasteiger charge is 2.51. The number of methoxy groups -OCH3 is 2. The fraction of sp³-hybridized carbons (Fsp3) is 0.444. The van der Waals surface area contributed by atoms with E-state index in [2.05, 4.69) is 0 Å². The Kier molecular flexibility index (Phi) is 3.26. The molecule has 2 aliphatic carbocycles. The van der Waals surface area contributed by atoms with Gasteiger partial charge in [0.1, 0.15) is 11.9 Å². The van der Waals surface area contributed by atoms with E-state index >= 15 is 0 Å². The molecule has 0 amide bonds. The largest absolute Gasteiger partial charge is 0.508 e. The Hall–Kier alpha value is -2.38. The molecule has 1 aromatic carbocycles. The van der Waals surface area contributed by atoms with Crippen LogP contribution in [0.1, 0.15) is 51.8 Å². The minimum absolute atomic E-state index is 0.0833. The van der Waals surface area contributed by atoms with E-state index in [1.165, 1.54) is 20.3 Å². The second-order valence-electron chi connectivity index (χ2n) is 6.73. The van der Waals surface area contributed by atoms with Gasteiger partial charge in [-0.25, -0.2) is 0 Å². The van der Waals surface area contributed by atoms with Gasteiger partial charge in [-0.3, -0.25) is 9.59 Å². The van der Waals surface area contributed by atoms with Crippen LogP contribution in [-0.4, -0.2) is 42.8 Å². The molecule has 132 valence electrons. The summed E-state index contributed by atoms with van der Waals surface area (Å²) in [5.74, 6) is -2.08. The lowest BCUT2D eigenvalue weighted by molar-refractivity contribution is -0.148. The van der Waals surface area contributed by atoms with E-state index in [1.807, 2.05) is 0 Å². The molecule has 0 radical (unpaired) electrons. The van der Waals surface area contributed by atoms with Crippen LogP contribution < -0.4 is 0 Å². The zero-order valence-electron chi connectivity index (χ0n) is 14.3. The van der Waals surface area contributed by atoms with Gasteiger partial charge in [-0.05, 0) is 25.5 Å². The maximum absolute atomic E-state index is 12.9. The number of Topliss-reactive ketones (excluding diaryl/α,β-unsaturated/α-hetero) is 2. The van der Waals surface area contributed by atoms with Crippen LogP contribution in [0.2, 0.25) is 0 Å². The minimum atomic E-state index is -0.768. The Labute approximate surface area is 144 Å². The zero-order chi connectivity index (χ0) is 18.1. The quantitative estimate of drug-likeness (QED) is 0.876. The van der Waals surface area contributed by atoms with Gasteiger partial charge < -0.3 is 24.1 Å². The number of ether oxygens (including phenoxy) is 4. The molecular weight excluding hydrogens is 328 g/mol. The summed E-state index contributed by atoms with van der Waals surface area (Å²) in [6, 6.07) is 1.30. The van der Waals surface area contributed by atoms with E-state index in [9.17, 15) is 14.7 Å². The van der Waals surface area contributed by atoms with Gasteiger partial charge in [0.25, 0.3) is 0 Å². The van der Waals surface area contributed by atoms with Gasteiger partial charge in [-0.2, -0.15) is 0 Å². The number of carbonyl (C=O) groups excluding carboxylic acids is 2. The van der Waals surface area contributed by atoms with E-state index in [0.717, 1.165) is 0 Å². The highest BCUT2D eigenvalue weighted by atomic mass is 16.8. The van der Waals surface area contributed by atoms with Crippen LogP contribution in [-0.2, 0) is 25.4 Å². The van der Waals surface area contributed by atoms with Crippen molar-refractivity contribution in [2.75, 3.05) is 14.2 Å². The van der Waals surface area contributed by atoms with E-state index < -0.39 is 23.5 Å². The van der Waals surface area contributed by atoms with E-state index in [1.54, 1.807) is 13.8 Å². The number of rotatable bonds is 2. The summed E-state index contributed by atoms with van der Waals surface area (Å²) < 4.78 is 21.9. The standard InChI is InChI=1S/C18H18O7/c1-18(2)24-10-6-7-11-8(5-9(19)12(7)15(10)25-18)13(20)16(22-3)17(23-4)14(11)21/h5,10,15,19H,6H2,1-4H3. The molecular formula is C18H18O7. The summed E-state index contributed by atoms with van der Waals surface area (Å²) in [6.07, 6.45) is -0.417. The van der Waals surface area contributed by atoms with Crippen molar-refractivity contribution in [2.45, 2.75) is 38.3 Å². The van der Waals surface area contributed by atoms with Crippen LogP contribution in [0.5, 0.6) is 5.75 Å². The first-order valence-corrected chi connectivity index (χ1v) is 7.95. The van der Waals surface area contributed by atoms with Crippen molar-refractivity contribution < 1.29 is 33.6 Å². The van der Waals surface area contributed by atoms with Gasteiger partial charge in [0.05, 0.1) is 20.3 Å². The number of phenols is 1. The summed E-state index contributed by atoms with van der Waals surface area (Å²) >= 11 is 0. The first-order valence-electron chi connectivity index (χ1n) is 7.95. The molecule has 7 nitrogen and oxygen atoms in total. The Morgan fingerprint density at radius 2 is 1.76 bits per heavy atom. The number of hydrogen-bond acceptors (Lipinski definition) is 7. The Bertz CT molecular complexity index is 849. The lowest BCUT2D eigenvalue weighted by atomic mass is 9.86. The fourth-order valence-corrected chi connectivity index (χ4v) is 3.95. The molecule has 3 aliphatic rings. The molecule has 1 heterocycles. The lowest BCUT2D eigenvalue weighted by Gasteiger charge is -2.24. The molecule has 1 N–H and O–H groups in total. The van der Waals surface area contributed by atoms with E-state index in [-0.39, 0.29) is 34.5 Å². The minimum Gasteiger partial charge on any atom is -0.508 e. The normalized spacial score (nSPS) is 26.4. The second kappa shape index (κ2) is 5.06. The molecule has 0 spiro atoms. The predicted molar refractivity (Wildman–Crippen MR) is 84.3 cm³/mol. The first kappa shape index (κ1) is 16.1. The molecule has 1 aromatic rings. The van der Waals surface area contributed by atoms with Crippen molar-refractivity contribution in [3.05, 3.63) is 39.8 Å². The van der Waals surface area contributed by atoms with Gasteiger partial charge in [-0.1, -0.05) is 0 Å². The van der Waals surface area contributed by atoms with Crippen LogP contribution in [0, 0.1) is 0 Å². The molecule has 0 bridgehead atoms. The number of ketones is 2. The van der Waals surface area contributed by atoms with Crippen molar-refractivity contribution in [1.29, 1.82) is 0 Å². The molecule has 25 heavy (non-hydrogen) atoms. The van der Waals surface area contributed by atoms with Gasteiger partial charge in [-0.15, -0.1) is 0 Å². The highest BCUT2D eigenvalue weighted by Crippen LogP contribution is 2.51. The number of fused-ring (bicyclic) bond motifs is 5. The van der Waals surface area contributed by atoms with Crippen LogP contribution in [0.15, 0.2) is 17.6 Å². The number of carbonyl (C=O) groups is 2. The summed E-state index contributed by atoms with van der Waals surface area (Å²) in [5.41, 5.74) is 1.42. The SMILES string of the molecule is COC1=C(OC)C(=O)c2c(cc(O)c3c2CC2OC(C)(C)OC32)C1=O. The number of phenolic OH excluding ortho intramolecular Hbond substituents is 1. The van der Waals surface area contributed by atoms with Crippen molar-refractivity contribution >= 4 is 11.6 Å². The first-order chi connectivity index (χ1) is 11.8. The van der Waals surface area contributed by atoms with Crippen molar-refractivity contribution in [2.24, 2.45) is 0 Å². The smallest absolute Gasteiger partial charge is 0.232 e. The summed E-state index contributed by atoms with van der Waals surface area (Å²) in [5, 5.41) is 10.5. The molecule has 1 saturated heterocycles. The van der Waals surface area contributed by atoms with Crippen LogP contribution in [0.4, 0.5) is 0 Å². The Morgan fingerprint density at radius 3 is 2.40 bits per heavy atom. The number of aromatic hydroxyl groups is 1. The van der Waals surface area contributed by atoms with Crippen molar-refractivity contribution in [3.63, 3.8) is 0 Å². The van der Waals surface area contributed by atoms with Gasteiger partial charge in [0.2, 0.25) is 23.1 Å². The summed E-state index contributed by atoms with van der Waals surface area (Å²) in [4.78, 5) is 25.6. The lowest BCUT2D eigenvalue weighted by Crippen LogP contribution is -2.27. The maximum atomic E-state index is 12.9. The van der Waals surface area contributed by atoms with Crippen LogP contribution >= 0.6 is 0 Å². The zero-order valence-corrected chi connectivity index (χ0v) is 14.3. The number of hydrogen-bond donors (Lipinski definition) is 1. The number of allylic oxidation sites excluding steroid dienone is 2. The van der Waals surface area contributed by atoms with Gasteiger partial charge >= 0.3 is 0 Å². The summed E-state index contributed by atoms with van der Waals surface area (Å²) in [7, 11) is 2.61. The van der Waals surface area contributed by atoms with Gasteiger partial charge in [0.15, 0.2) is 5.79 Å². The molecule has 1 fully saturated rings. The van der Waals surface area contributed by atoms with E-state index in [4.69, 9.17) is 18.9 Å². The Morgan fingerprint density at radius 1 is 1.12 bits per heavy atom. The molecule has 1 aliphatic heterocycles. The van der Waals surface area contributed by atoms with E-state index in [0.29, 0.717) is 17.5 Å². The molecule has 0 aromatic heterocycles. The van der Waals surface area contributed by atoms with Gasteiger partial charge in [0, 0.05) is 23.1 Å². The monoisotopic (exact) mass is 346 g/mol. The number of benzene rings is 1. The van der Waals surface area contributed by atoms with Crippen LogP contribution in [0.3, 0.4) is 0 Å². The third kappa shape index (κ3) is 2.06. The highest BCUT2D eigenvalue weighted by molar-refractivity contribution is 6.26. The van der Waals surface area contributed by atoms with Crippen molar-refractivity contribution in [1.82, 2.24) is 0 Å². The third-order valence-electron chi connectivity index (χ3n) is 4.83. The molecule has 2 unspecified atom stereocenters. The molecule has 0 saturated carbocycles. The second-order valence-corrected chi connectivity index (χ2v) is 6.73. The fourth-order valence-electron chi connectivity index (χ4n) is 3.95. The topological polar surface area (TPSA) is 91.3 Å². The average molecular weight is 346 g/mol. The van der Waals surface area contributed by atoms with Crippen LogP contribution in [0.25, 0.3) is 0 Å².